The molecule has 1 fully saturated rings. The summed E-state index contributed by atoms with van der Waals surface area (Å²) in [6, 6.07) is 31.1. The Morgan fingerprint density at radius 1 is 0.960 bits per heavy atom. The summed E-state index contributed by atoms with van der Waals surface area (Å²) in [6.07, 6.45) is -0.754. The Labute approximate surface area is 293 Å². The van der Waals surface area contributed by atoms with Gasteiger partial charge in [0.25, 0.3) is 11.8 Å². The van der Waals surface area contributed by atoms with Gasteiger partial charge in [-0.05, 0) is 66.7 Å². The van der Waals surface area contributed by atoms with Crippen LogP contribution < -0.4 is 16.0 Å². The molecule has 2 heterocycles. The molecule has 4 aromatic carbocycles. The van der Waals surface area contributed by atoms with E-state index in [1.165, 1.54) is 0 Å². The molecule has 2 aliphatic heterocycles. The fraction of sp³-hybridized carbons (Fsp3) is 0.308. The smallest absolute Gasteiger partial charge is 0.264 e. The number of aliphatic hydroxyl groups excluding tert-OH is 1. The molecule has 4 aromatic rings. The number of carbonyl (C=O) groups excluding carboxylic acids is 3. The Morgan fingerprint density at radius 2 is 1.64 bits per heavy atom. The lowest BCUT2D eigenvalue weighted by atomic mass is 9.82. The molecule has 4 atom stereocenters. The summed E-state index contributed by atoms with van der Waals surface area (Å²) in [5, 5.41) is 12.7. The van der Waals surface area contributed by atoms with Gasteiger partial charge >= 0.3 is 0 Å². The molecule has 0 radical (unpaired) electrons. The van der Waals surface area contributed by atoms with Gasteiger partial charge in [0.15, 0.2) is 13.9 Å². The molecule has 0 bridgehead atoms. The van der Waals surface area contributed by atoms with Gasteiger partial charge in [0, 0.05) is 47.1 Å². The van der Waals surface area contributed by atoms with Crippen LogP contribution in [0.2, 0.25) is 18.6 Å². The number of carbonyl (C=O) groups is 3. The Balaban J connectivity index is 1.27. The molecule has 0 unspecified atom stereocenters. The number of benzene rings is 4. The number of hydrogen-bond donors (Lipinski definition) is 4. The van der Waals surface area contributed by atoms with E-state index >= 15 is 0 Å². The van der Waals surface area contributed by atoms with E-state index in [4.69, 9.17) is 10.5 Å². The zero-order valence-electron chi connectivity index (χ0n) is 28.6. The fourth-order valence-corrected chi connectivity index (χ4v) is 10.2. The van der Waals surface area contributed by atoms with Gasteiger partial charge in [-0.1, -0.05) is 67.6 Å². The van der Waals surface area contributed by atoms with Crippen molar-refractivity contribution in [3.8, 4) is 0 Å². The zero-order valence-corrected chi connectivity index (χ0v) is 29.6. The lowest BCUT2D eigenvalue weighted by molar-refractivity contribution is -0.150. The molecule has 0 aliphatic carbocycles. The third kappa shape index (κ3) is 6.82. The van der Waals surface area contributed by atoms with Gasteiger partial charge < -0.3 is 35.5 Å². The maximum Gasteiger partial charge on any atom is 0.264 e. The minimum absolute atomic E-state index is 0.0359. The van der Waals surface area contributed by atoms with E-state index in [2.05, 4.69) is 5.32 Å². The Bertz CT molecular complexity index is 1860. The van der Waals surface area contributed by atoms with Crippen molar-refractivity contribution in [1.82, 2.24) is 4.90 Å². The van der Waals surface area contributed by atoms with Gasteiger partial charge in [0.05, 0.1) is 31.4 Å². The predicted molar refractivity (Wildman–Crippen MR) is 196 cm³/mol. The topological polar surface area (TPSA) is 145 Å². The minimum atomic E-state index is -3.00. The summed E-state index contributed by atoms with van der Waals surface area (Å²) in [4.78, 5) is 56.5. The van der Waals surface area contributed by atoms with Crippen LogP contribution in [-0.4, -0.2) is 60.1 Å². The number of anilines is 3. The number of nitrogens with one attached hydrogen (secondary N) is 1. The van der Waals surface area contributed by atoms with E-state index in [-0.39, 0.29) is 43.8 Å². The molecule has 1 saturated heterocycles. The van der Waals surface area contributed by atoms with Crippen molar-refractivity contribution in [2.45, 2.75) is 56.8 Å². The largest absolute Gasteiger partial charge is 0.432 e. The highest BCUT2D eigenvalue weighted by Gasteiger charge is 2.66. The summed E-state index contributed by atoms with van der Waals surface area (Å²) in [6.45, 7) is 6.11. The number of amides is 3. The first kappa shape index (κ1) is 35.0. The normalized spacial score (nSPS) is 21.3. The van der Waals surface area contributed by atoms with E-state index in [1.54, 1.807) is 40.1 Å². The van der Waals surface area contributed by atoms with Gasteiger partial charge in [0.2, 0.25) is 5.91 Å². The number of nitrogens with zero attached hydrogens (tertiary/aromatic N) is 2. The first-order chi connectivity index (χ1) is 23.9. The maximum atomic E-state index is 14.8. The minimum Gasteiger partial charge on any atom is -0.432 e. The fourth-order valence-electron chi connectivity index (χ4n) is 7.67. The van der Waals surface area contributed by atoms with Crippen LogP contribution in [0.4, 0.5) is 17.1 Å². The summed E-state index contributed by atoms with van der Waals surface area (Å²) >= 11 is 0. The molecule has 0 saturated carbocycles. The van der Waals surface area contributed by atoms with Gasteiger partial charge in [-0.25, -0.2) is 0 Å². The average molecular weight is 693 g/mol. The molecule has 2 aliphatic rings. The number of fused-ring (bicyclic) bond motifs is 2. The molecular formula is C39H44N4O6Si. The van der Waals surface area contributed by atoms with E-state index in [9.17, 15) is 24.3 Å². The molecular weight excluding hydrogens is 649 g/mol. The van der Waals surface area contributed by atoms with Crippen molar-refractivity contribution in [1.29, 1.82) is 0 Å². The third-order valence-electron chi connectivity index (χ3n) is 9.90. The van der Waals surface area contributed by atoms with Crippen molar-refractivity contribution < 1.29 is 29.0 Å². The number of ether oxygens (including phenoxy) is 1. The van der Waals surface area contributed by atoms with Gasteiger partial charge in [-0.3, -0.25) is 14.4 Å². The second-order valence-corrected chi connectivity index (χ2v) is 17.7. The van der Waals surface area contributed by atoms with Crippen LogP contribution >= 0.6 is 0 Å². The molecule has 6 rings (SSSR count). The van der Waals surface area contributed by atoms with Gasteiger partial charge in [-0.15, -0.1) is 0 Å². The Morgan fingerprint density at radius 3 is 2.34 bits per heavy atom. The molecule has 50 heavy (non-hydrogen) atoms. The summed E-state index contributed by atoms with van der Waals surface area (Å²) < 4.78 is 6.86. The van der Waals surface area contributed by atoms with E-state index in [0.717, 1.165) is 11.1 Å². The molecule has 5 N–H and O–H groups in total. The highest BCUT2D eigenvalue weighted by molar-refractivity contribution is 6.71. The quantitative estimate of drug-likeness (QED) is 0.124. The highest BCUT2D eigenvalue weighted by Crippen LogP contribution is 2.59. The second-order valence-electron chi connectivity index (χ2n) is 13.8. The van der Waals surface area contributed by atoms with Crippen molar-refractivity contribution >= 4 is 43.1 Å². The lowest BCUT2D eigenvalue weighted by Crippen LogP contribution is -2.46. The van der Waals surface area contributed by atoms with Gasteiger partial charge in [-0.2, -0.15) is 0 Å². The highest BCUT2D eigenvalue weighted by atomic mass is 28.4. The number of rotatable bonds is 11. The first-order valence-corrected chi connectivity index (χ1v) is 19.9. The van der Waals surface area contributed by atoms with Crippen LogP contribution in [0.1, 0.15) is 40.4 Å². The molecule has 260 valence electrons. The standard InChI is InChI=1S/C39H44N4O6Si/c1-26-36(50(2,3)48)34(23-35(45)42(20-21-44)24-27-10-5-4-6-11-27)49-39(26)32-14-7-8-15-33(32)43(38(39)47)25-28-12-9-13-31(22-28)41-37(46)29-16-18-30(40)19-17-29/h4-19,22,26,34,36,44,48H,20-21,23-25,40H2,1-3H3,(H,41,46)/t26-,34+,36-,39+/m0/s1. The third-order valence-corrected chi connectivity index (χ3v) is 12.4. The summed E-state index contributed by atoms with van der Waals surface area (Å²) in [7, 11) is -3.00. The van der Waals surface area contributed by atoms with Crippen LogP contribution in [0.5, 0.6) is 0 Å². The van der Waals surface area contributed by atoms with E-state index in [0.29, 0.717) is 34.7 Å². The molecule has 0 aromatic heterocycles. The Hall–Kier alpha value is -4.81. The maximum absolute atomic E-state index is 14.8. The molecule has 3 amide bonds. The SMILES string of the molecule is C[C@H]1[C@H]([Si](C)(C)O)[C@@H](CC(=O)N(CCO)Cc2ccccc2)O[C@]12C(=O)N(Cc1cccc(NC(=O)c3ccc(N)cc3)c1)c1ccccc12. The van der Waals surface area contributed by atoms with Crippen molar-refractivity contribution in [2.24, 2.45) is 5.92 Å². The van der Waals surface area contributed by atoms with Crippen LogP contribution in [-0.2, 0) is 33.0 Å². The predicted octanol–water partition coefficient (Wildman–Crippen LogP) is 5.28. The van der Waals surface area contributed by atoms with Crippen LogP contribution in [0.15, 0.2) is 103 Å². The number of nitrogens with two attached hydrogens (primary N) is 1. The van der Waals surface area contributed by atoms with Crippen molar-refractivity contribution in [3.63, 3.8) is 0 Å². The van der Waals surface area contributed by atoms with Crippen molar-refractivity contribution in [3.05, 3.63) is 125 Å². The Kier molecular flexibility index (Phi) is 9.95. The van der Waals surface area contributed by atoms with E-state index in [1.807, 2.05) is 92.8 Å². The molecule has 10 nitrogen and oxygen atoms in total. The second kappa shape index (κ2) is 14.2. The van der Waals surface area contributed by atoms with Crippen LogP contribution in [0.25, 0.3) is 0 Å². The summed E-state index contributed by atoms with van der Waals surface area (Å²) in [5.74, 6) is -1.18. The number of nitrogen functional groups attached to an aromatic ring is 1. The first-order valence-electron chi connectivity index (χ1n) is 16.9. The zero-order chi connectivity index (χ0) is 35.6. The number of para-hydroxylation sites is 1. The number of aliphatic hydroxyl groups is 1. The van der Waals surface area contributed by atoms with Crippen molar-refractivity contribution in [2.75, 3.05) is 29.1 Å². The average Bonchev–Trinajstić information content (AvgIpc) is 3.51. The molecule has 1 spiro atoms. The van der Waals surface area contributed by atoms with Crippen LogP contribution in [0, 0.1) is 5.92 Å². The lowest BCUT2D eigenvalue weighted by Gasteiger charge is -2.32. The van der Waals surface area contributed by atoms with Crippen LogP contribution in [0.3, 0.4) is 0 Å². The van der Waals surface area contributed by atoms with Gasteiger partial charge in [0.1, 0.15) is 0 Å². The summed E-state index contributed by atoms with van der Waals surface area (Å²) in [5.41, 5.74) is 8.71. The van der Waals surface area contributed by atoms with E-state index < -0.39 is 31.5 Å². The number of hydrogen-bond acceptors (Lipinski definition) is 7. The molecule has 11 heteroatoms. The monoisotopic (exact) mass is 692 g/mol.